The number of carbonyl (C=O) groups excluding carboxylic acids is 1. The van der Waals surface area contributed by atoms with E-state index in [0.717, 1.165) is 24.5 Å². The second-order valence-corrected chi connectivity index (χ2v) is 4.07. The maximum absolute atomic E-state index is 11.8. The van der Waals surface area contributed by atoms with Crippen LogP contribution in [0.1, 0.15) is 13.8 Å². The highest BCUT2D eigenvalue weighted by Crippen LogP contribution is 2.29. The number of esters is 1. The smallest absolute Gasteiger partial charge is 0.328 e. The van der Waals surface area contributed by atoms with Crippen LogP contribution in [0.15, 0.2) is 24.3 Å². The minimum atomic E-state index is -0.238. The van der Waals surface area contributed by atoms with Crippen LogP contribution in [0.4, 0.5) is 11.4 Å². The van der Waals surface area contributed by atoms with Crippen LogP contribution < -0.4 is 10.2 Å². The van der Waals surface area contributed by atoms with Gasteiger partial charge in [0, 0.05) is 13.1 Å². The zero-order chi connectivity index (χ0) is 12.3. The molecule has 0 saturated carbocycles. The molecule has 1 aromatic carbocycles. The van der Waals surface area contributed by atoms with Crippen LogP contribution in [0.2, 0.25) is 0 Å². The predicted octanol–water partition coefficient (Wildman–Crippen LogP) is 2.29. The number of rotatable bonds is 3. The largest absolute Gasteiger partial charge is 0.464 e. The SMILES string of the molecule is CCOC(=O)C(C)N1CCNc2ccccc21.Cl. The first-order valence-corrected chi connectivity index (χ1v) is 6.00. The van der Waals surface area contributed by atoms with E-state index in [-0.39, 0.29) is 24.4 Å². The van der Waals surface area contributed by atoms with Crippen LogP contribution in [-0.2, 0) is 9.53 Å². The van der Waals surface area contributed by atoms with Crippen molar-refractivity contribution in [3.8, 4) is 0 Å². The Hall–Kier alpha value is -1.42. The topological polar surface area (TPSA) is 41.6 Å². The van der Waals surface area contributed by atoms with Crippen LogP contribution in [0.25, 0.3) is 0 Å². The summed E-state index contributed by atoms with van der Waals surface area (Å²) in [5.41, 5.74) is 2.15. The molecule has 1 N–H and O–H groups in total. The number of hydrogen-bond donors (Lipinski definition) is 1. The number of halogens is 1. The van der Waals surface area contributed by atoms with Gasteiger partial charge in [0.15, 0.2) is 0 Å². The second-order valence-electron chi connectivity index (χ2n) is 4.07. The Morgan fingerprint density at radius 1 is 1.50 bits per heavy atom. The van der Waals surface area contributed by atoms with E-state index in [0.29, 0.717) is 6.61 Å². The lowest BCUT2D eigenvalue weighted by molar-refractivity contribution is -0.144. The van der Waals surface area contributed by atoms with Crippen molar-refractivity contribution in [2.45, 2.75) is 19.9 Å². The zero-order valence-corrected chi connectivity index (χ0v) is 11.5. The van der Waals surface area contributed by atoms with Gasteiger partial charge in [0.2, 0.25) is 0 Å². The fourth-order valence-corrected chi connectivity index (χ4v) is 2.10. The molecule has 5 heteroatoms. The van der Waals surface area contributed by atoms with Gasteiger partial charge in [-0.15, -0.1) is 12.4 Å². The fourth-order valence-electron chi connectivity index (χ4n) is 2.10. The average molecular weight is 271 g/mol. The van der Waals surface area contributed by atoms with Crippen LogP contribution in [0.3, 0.4) is 0 Å². The third kappa shape index (κ3) is 2.88. The van der Waals surface area contributed by atoms with Gasteiger partial charge < -0.3 is 15.0 Å². The summed E-state index contributed by atoms with van der Waals surface area (Å²) in [7, 11) is 0. The fraction of sp³-hybridized carbons (Fsp3) is 0.462. The summed E-state index contributed by atoms with van der Waals surface area (Å²) in [6, 6.07) is 7.79. The Labute approximate surface area is 114 Å². The molecular weight excluding hydrogens is 252 g/mol. The van der Waals surface area contributed by atoms with Gasteiger partial charge in [0.25, 0.3) is 0 Å². The van der Waals surface area contributed by atoms with E-state index in [1.54, 1.807) is 0 Å². The summed E-state index contributed by atoms with van der Waals surface area (Å²) in [4.78, 5) is 13.9. The van der Waals surface area contributed by atoms with Gasteiger partial charge in [0.05, 0.1) is 18.0 Å². The van der Waals surface area contributed by atoms with Crippen molar-refractivity contribution < 1.29 is 9.53 Å². The Kier molecular flexibility index (Phi) is 5.28. The highest BCUT2D eigenvalue weighted by atomic mass is 35.5. The zero-order valence-electron chi connectivity index (χ0n) is 10.7. The van der Waals surface area contributed by atoms with Crippen molar-refractivity contribution in [1.82, 2.24) is 0 Å². The summed E-state index contributed by atoms with van der Waals surface area (Å²) in [6.45, 7) is 5.81. The van der Waals surface area contributed by atoms with E-state index >= 15 is 0 Å². The maximum Gasteiger partial charge on any atom is 0.328 e. The molecule has 0 bridgehead atoms. The Balaban J connectivity index is 0.00000162. The average Bonchev–Trinajstić information content (AvgIpc) is 2.37. The summed E-state index contributed by atoms with van der Waals surface area (Å²) < 4.78 is 5.07. The molecule has 4 nitrogen and oxygen atoms in total. The molecule has 1 aromatic rings. The number of ether oxygens (including phenoxy) is 1. The lowest BCUT2D eigenvalue weighted by Gasteiger charge is -2.35. The van der Waals surface area contributed by atoms with Crippen LogP contribution in [-0.4, -0.2) is 31.7 Å². The van der Waals surface area contributed by atoms with Gasteiger partial charge in [-0.3, -0.25) is 0 Å². The molecule has 0 aliphatic carbocycles. The maximum atomic E-state index is 11.8. The van der Waals surface area contributed by atoms with Gasteiger partial charge in [-0.05, 0) is 26.0 Å². The molecule has 0 saturated heterocycles. The van der Waals surface area contributed by atoms with E-state index in [2.05, 4.69) is 10.2 Å². The Morgan fingerprint density at radius 2 is 2.22 bits per heavy atom. The first kappa shape index (κ1) is 14.6. The molecule has 1 aliphatic rings. The number of para-hydroxylation sites is 2. The monoisotopic (exact) mass is 270 g/mol. The number of hydrogen-bond acceptors (Lipinski definition) is 4. The van der Waals surface area contributed by atoms with Gasteiger partial charge in [0.1, 0.15) is 6.04 Å². The summed E-state index contributed by atoms with van der Waals surface area (Å²) in [6.07, 6.45) is 0. The number of nitrogens with one attached hydrogen (secondary N) is 1. The van der Waals surface area contributed by atoms with E-state index in [1.165, 1.54) is 0 Å². The van der Waals surface area contributed by atoms with Crippen molar-refractivity contribution in [1.29, 1.82) is 0 Å². The predicted molar refractivity (Wildman–Crippen MR) is 75.6 cm³/mol. The summed E-state index contributed by atoms with van der Waals surface area (Å²) in [5.74, 6) is -0.163. The summed E-state index contributed by atoms with van der Waals surface area (Å²) >= 11 is 0. The third-order valence-corrected chi connectivity index (χ3v) is 2.98. The number of anilines is 2. The molecule has 1 heterocycles. The summed E-state index contributed by atoms with van der Waals surface area (Å²) in [5, 5.41) is 3.32. The molecule has 0 spiro atoms. The molecular formula is C13H19ClN2O2. The number of nitrogens with zero attached hydrogens (tertiary/aromatic N) is 1. The molecule has 0 aromatic heterocycles. The van der Waals surface area contributed by atoms with Crippen molar-refractivity contribution in [2.75, 3.05) is 29.9 Å². The quantitative estimate of drug-likeness (QED) is 0.856. The highest BCUT2D eigenvalue weighted by Gasteiger charge is 2.26. The normalized spacial score (nSPS) is 14.9. The second kappa shape index (κ2) is 6.50. The van der Waals surface area contributed by atoms with Crippen molar-refractivity contribution in [3.05, 3.63) is 24.3 Å². The lowest BCUT2D eigenvalue weighted by atomic mass is 10.1. The molecule has 0 amide bonds. The van der Waals surface area contributed by atoms with Gasteiger partial charge in [-0.1, -0.05) is 12.1 Å². The van der Waals surface area contributed by atoms with Crippen molar-refractivity contribution >= 4 is 29.8 Å². The Bertz CT molecular complexity index is 412. The van der Waals surface area contributed by atoms with E-state index in [9.17, 15) is 4.79 Å². The molecule has 1 atom stereocenters. The third-order valence-electron chi connectivity index (χ3n) is 2.98. The van der Waals surface area contributed by atoms with Gasteiger partial charge in [-0.25, -0.2) is 4.79 Å². The van der Waals surface area contributed by atoms with Gasteiger partial charge in [-0.2, -0.15) is 0 Å². The van der Waals surface area contributed by atoms with Crippen molar-refractivity contribution in [3.63, 3.8) is 0 Å². The van der Waals surface area contributed by atoms with E-state index in [4.69, 9.17) is 4.74 Å². The molecule has 18 heavy (non-hydrogen) atoms. The molecule has 0 radical (unpaired) electrons. The standard InChI is InChI=1S/C13H18N2O2.ClH/c1-3-17-13(16)10(2)15-9-8-14-11-6-4-5-7-12(11)15;/h4-7,10,14H,3,8-9H2,1-2H3;1H. The number of fused-ring (bicyclic) bond motifs is 1. The minimum Gasteiger partial charge on any atom is -0.464 e. The van der Waals surface area contributed by atoms with Crippen LogP contribution >= 0.6 is 12.4 Å². The minimum absolute atomic E-state index is 0. The Morgan fingerprint density at radius 3 is 2.94 bits per heavy atom. The van der Waals surface area contributed by atoms with Crippen LogP contribution in [0.5, 0.6) is 0 Å². The van der Waals surface area contributed by atoms with E-state index in [1.807, 2.05) is 38.1 Å². The lowest BCUT2D eigenvalue weighted by Crippen LogP contribution is -2.45. The van der Waals surface area contributed by atoms with E-state index < -0.39 is 0 Å². The molecule has 1 aliphatic heterocycles. The molecule has 100 valence electrons. The van der Waals surface area contributed by atoms with Gasteiger partial charge >= 0.3 is 5.97 Å². The number of benzene rings is 1. The first-order valence-electron chi connectivity index (χ1n) is 6.00. The van der Waals surface area contributed by atoms with Crippen molar-refractivity contribution in [2.24, 2.45) is 0 Å². The highest BCUT2D eigenvalue weighted by molar-refractivity contribution is 5.85. The first-order chi connectivity index (χ1) is 8.24. The van der Waals surface area contributed by atoms with Crippen LogP contribution in [0, 0.1) is 0 Å². The molecule has 2 rings (SSSR count). The molecule has 0 fully saturated rings. The molecule has 1 unspecified atom stereocenters. The number of carbonyl (C=O) groups is 1.